The molecule has 0 unspecified atom stereocenters. The Balaban J connectivity index is 1.35. The Morgan fingerprint density at radius 1 is 1.00 bits per heavy atom. The lowest BCUT2D eigenvalue weighted by molar-refractivity contribution is -0.116. The second-order valence-electron chi connectivity index (χ2n) is 6.34. The van der Waals surface area contributed by atoms with Gasteiger partial charge in [-0.25, -0.2) is 4.39 Å². The molecule has 1 N–H and O–H groups in total. The molecule has 0 spiro atoms. The van der Waals surface area contributed by atoms with Crippen LogP contribution in [0.25, 0.3) is 6.08 Å². The molecule has 2 aromatic carbocycles. The van der Waals surface area contributed by atoms with Crippen molar-refractivity contribution in [3.05, 3.63) is 72.1 Å². The van der Waals surface area contributed by atoms with E-state index in [4.69, 9.17) is 0 Å². The van der Waals surface area contributed by atoms with E-state index in [1.165, 1.54) is 23.9 Å². The van der Waals surface area contributed by atoms with E-state index in [2.05, 4.69) is 39.4 Å². The number of para-hydroxylation sites is 1. The van der Waals surface area contributed by atoms with E-state index in [0.717, 1.165) is 38.3 Å². The minimum absolute atomic E-state index is 0.128. The molecule has 1 amide bonds. The number of nitrogens with zero attached hydrogens (tertiary/aromatic N) is 2. The fourth-order valence-corrected chi connectivity index (χ4v) is 3.01. The quantitative estimate of drug-likeness (QED) is 0.811. The molecule has 0 atom stereocenters. The third-order valence-electron chi connectivity index (χ3n) is 4.52. The molecule has 1 saturated heterocycles. The summed E-state index contributed by atoms with van der Waals surface area (Å²) in [6, 6.07) is 16.5. The first kappa shape index (κ1) is 18.1. The Hall–Kier alpha value is -2.66. The van der Waals surface area contributed by atoms with Crippen LogP contribution in [0.2, 0.25) is 0 Å². The van der Waals surface area contributed by atoms with E-state index in [-0.39, 0.29) is 11.7 Å². The zero-order valence-corrected chi connectivity index (χ0v) is 14.8. The van der Waals surface area contributed by atoms with Gasteiger partial charge < -0.3 is 10.2 Å². The Labute approximate surface area is 153 Å². The molecule has 1 heterocycles. The van der Waals surface area contributed by atoms with Gasteiger partial charge in [-0.15, -0.1) is 0 Å². The van der Waals surface area contributed by atoms with Gasteiger partial charge in [0.05, 0.1) is 0 Å². The molecule has 26 heavy (non-hydrogen) atoms. The van der Waals surface area contributed by atoms with Crippen LogP contribution in [-0.4, -0.2) is 50.1 Å². The molecule has 0 aromatic heterocycles. The van der Waals surface area contributed by atoms with Crippen molar-refractivity contribution < 1.29 is 9.18 Å². The second-order valence-corrected chi connectivity index (χ2v) is 6.34. The van der Waals surface area contributed by atoms with Crippen molar-refractivity contribution >= 4 is 17.7 Å². The number of anilines is 1. The maximum Gasteiger partial charge on any atom is 0.244 e. The van der Waals surface area contributed by atoms with Crippen LogP contribution in [0, 0.1) is 5.82 Å². The summed E-state index contributed by atoms with van der Waals surface area (Å²) in [5, 5.41) is 2.90. The Morgan fingerprint density at radius 2 is 1.69 bits per heavy atom. The SMILES string of the molecule is O=C(/C=C/c1ccc(F)cc1)NCCN1CCN(c2ccccc2)CC1. The number of benzene rings is 2. The average Bonchev–Trinajstić information content (AvgIpc) is 2.69. The molecular formula is C21H24FN3O. The summed E-state index contributed by atoms with van der Waals surface area (Å²) in [7, 11) is 0. The Bertz CT molecular complexity index is 723. The zero-order chi connectivity index (χ0) is 18.2. The molecule has 3 rings (SSSR count). The van der Waals surface area contributed by atoms with Crippen LogP contribution in [0.1, 0.15) is 5.56 Å². The van der Waals surface area contributed by atoms with E-state index >= 15 is 0 Å². The molecular weight excluding hydrogens is 329 g/mol. The highest BCUT2D eigenvalue weighted by Crippen LogP contribution is 2.15. The van der Waals surface area contributed by atoms with Crippen LogP contribution >= 0.6 is 0 Å². The van der Waals surface area contributed by atoms with E-state index < -0.39 is 0 Å². The van der Waals surface area contributed by atoms with Gasteiger partial charge in [-0.3, -0.25) is 9.69 Å². The third kappa shape index (κ3) is 5.43. The lowest BCUT2D eigenvalue weighted by atomic mass is 10.2. The zero-order valence-electron chi connectivity index (χ0n) is 14.8. The summed E-state index contributed by atoms with van der Waals surface area (Å²) in [6.07, 6.45) is 3.17. The van der Waals surface area contributed by atoms with Gasteiger partial charge in [-0.2, -0.15) is 0 Å². The predicted octanol–water partition coefficient (Wildman–Crippen LogP) is 2.78. The number of nitrogens with one attached hydrogen (secondary N) is 1. The van der Waals surface area contributed by atoms with Gasteiger partial charge in [-0.05, 0) is 35.9 Å². The summed E-state index contributed by atoms with van der Waals surface area (Å²) in [4.78, 5) is 16.6. The molecule has 0 bridgehead atoms. The minimum atomic E-state index is -0.279. The third-order valence-corrected chi connectivity index (χ3v) is 4.52. The number of halogens is 1. The number of hydrogen-bond acceptors (Lipinski definition) is 3. The Kier molecular flexibility index (Phi) is 6.39. The number of piperazine rings is 1. The van der Waals surface area contributed by atoms with Crippen molar-refractivity contribution in [2.24, 2.45) is 0 Å². The molecule has 5 heteroatoms. The lowest BCUT2D eigenvalue weighted by Crippen LogP contribution is -2.48. The number of hydrogen-bond donors (Lipinski definition) is 1. The topological polar surface area (TPSA) is 35.6 Å². The molecule has 4 nitrogen and oxygen atoms in total. The van der Waals surface area contributed by atoms with Crippen molar-refractivity contribution in [2.75, 3.05) is 44.2 Å². The first-order valence-corrected chi connectivity index (χ1v) is 8.94. The predicted molar refractivity (Wildman–Crippen MR) is 104 cm³/mol. The van der Waals surface area contributed by atoms with E-state index in [9.17, 15) is 9.18 Å². The fourth-order valence-electron chi connectivity index (χ4n) is 3.01. The highest BCUT2D eigenvalue weighted by atomic mass is 19.1. The van der Waals surface area contributed by atoms with Crippen LogP contribution in [0.15, 0.2) is 60.7 Å². The van der Waals surface area contributed by atoms with Crippen LogP contribution in [0.5, 0.6) is 0 Å². The van der Waals surface area contributed by atoms with E-state index in [1.807, 2.05) is 6.07 Å². The monoisotopic (exact) mass is 353 g/mol. The normalized spacial score (nSPS) is 15.3. The van der Waals surface area contributed by atoms with Crippen molar-refractivity contribution in [3.8, 4) is 0 Å². The van der Waals surface area contributed by atoms with Crippen molar-refractivity contribution in [2.45, 2.75) is 0 Å². The van der Waals surface area contributed by atoms with Crippen LogP contribution < -0.4 is 10.2 Å². The summed E-state index contributed by atoms with van der Waals surface area (Å²) >= 11 is 0. The smallest absolute Gasteiger partial charge is 0.244 e. The largest absolute Gasteiger partial charge is 0.369 e. The van der Waals surface area contributed by atoms with Gasteiger partial charge in [0.15, 0.2) is 0 Å². The Morgan fingerprint density at radius 3 is 2.38 bits per heavy atom. The molecule has 1 fully saturated rings. The van der Waals surface area contributed by atoms with Gasteiger partial charge in [-0.1, -0.05) is 30.3 Å². The summed E-state index contributed by atoms with van der Waals surface area (Å²) in [5.41, 5.74) is 2.07. The first-order chi connectivity index (χ1) is 12.7. The molecule has 2 aromatic rings. The average molecular weight is 353 g/mol. The number of carbonyl (C=O) groups is 1. The first-order valence-electron chi connectivity index (χ1n) is 8.94. The van der Waals surface area contributed by atoms with Gasteiger partial charge in [0.25, 0.3) is 0 Å². The standard InChI is InChI=1S/C21H24FN3O/c22-19-9-6-18(7-10-19)8-11-21(26)23-12-13-24-14-16-25(17-15-24)20-4-2-1-3-5-20/h1-11H,12-17H2,(H,23,26)/b11-8+. The molecule has 1 aliphatic rings. The maximum absolute atomic E-state index is 12.8. The van der Waals surface area contributed by atoms with Crippen LogP contribution in [0.4, 0.5) is 10.1 Å². The summed E-state index contributed by atoms with van der Waals surface area (Å²) in [5.74, 6) is -0.406. The summed E-state index contributed by atoms with van der Waals surface area (Å²) < 4.78 is 12.8. The van der Waals surface area contributed by atoms with Crippen LogP contribution in [0.3, 0.4) is 0 Å². The number of amides is 1. The van der Waals surface area contributed by atoms with Crippen LogP contribution in [-0.2, 0) is 4.79 Å². The highest BCUT2D eigenvalue weighted by molar-refractivity contribution is 5.91. The molecule has 0 aliphatic carbocycles. The molecule has 0 saturated carbocycles. The van der Waals surface area contributed by atoms with Gasteiger partial charge in [0.1, 0.15) is 5.82 Å². The van der Waals surface area contributed by atoms with Crippen molar-refractivity contribution in [3.63, 3.8) is 0 Å². The second kappa shape index (κ2) is 9.15. The van der Waals surface area contributed by atoms with Gasteiger partial charge in [0, 0.05) is 51.0 Å². The van der Waals surface area contributed by atoms with E-state index in [0.29, 0.717) is 6.54 Å². The van der Waals surface area contributed by atoms with Gasteiger partial charge in [0.2, 0.25) is 5.91 Å². The van der Waals surface area contributed by atoms with Gasteiger partial charge >= 0.3 is 0 Å². The molecule has 0 radical (unpaired) electrons. The highest BCUT2D eigenvalue weighted by Gasteiger charge is 2.16. The number of carbonyl (C=O) groups excluding carboxylic acids is 1. The molecule has 136 valence electrons. The van der Waals surface area contributed by atoms with Crippen molar-refractivity contribution in [1.29, 1.82) is 0 Å². The van der Waals surface area contributed by atoms with Crippen molar-refractivity contribution in [1.82, 2.24) is 10.2 Å². The minimum Gasteiger partial charge on any atom is -0.369 e. The number of rotatable bonds is 6. The van der Waals surface area contributed by atoms with E-state index in [1.54, 1.807) is 18.2 Å². The summed E-state index contributed by atoms with van der Waals surface area (Å²) in [6.45, 7) is 5.47. The molecule has 1 aliphatic heterocycles. The lowest BCUT2D eigenvalue weighted by Gasteiger charge is -2.36. The maximum atomic E-state index is 12.8. The fraction of sp³-hybridized carbons (Fsp3) is 0.286.